The van der Waals surface area contributed by atoms with Crippen molar-refractivity contribution >= 4 is 21.5 Å². The van der Waals surface area contributed by atoms with Gasteiger partial charge in [-0.15, -0.1) is 0 Å². The fourth-order valence-corrected chi connectivity index (χ4v) is 3.88. The molecule has 3 rings (SSSR count). The number of benzene rings is 2. The number of rotatable bonds is 8. The summed E-state index contributed by atoms with van der Waals surface area (Å²) in [6, 6.07) is 12.8. The number of ether oxygens (including phenoxy) is 1. The minimum atomic E-state index is -3.60. The second-order valence-electron chi connectivity index (χ2n) is 7.79. The Morgan fingerprint density at radius 3 is 2.63 bits per heavy atom. The molecule has 162 valence electrons. The van der Waals surface area contributed by atoms with Crippen LogP contribution in [0, 0.1) is 5.41 Å². The number of hydrogen-bond donors (Lipinski definition) is 2. The molecular weight excluding hydrogens is 402 g/mol. The highest BCUT2D eigenvalue weighted by atomic mass is 32.2. The Hall–Kier alpha value is -2.42. The number of hydrogen-bond acceptors (Lipinski definition) is 7. The number of anilines is 1. The Morgan fingerprint density at radius 1 is 1.20 bits per heavy atom. The second kappa shape index (κ2) is 9.59. The lowest BCUT2D eigenvalue weighted by molar-refractivity contribution is 0.0343. The molecule has 0 radical (unpaired) electrons. The third kappa shape index (κ3) is 6.29. The monoisotopic (exact) mass is 431 g/mol. The summed E-state index contributed by atoms with van der Waals surface area (Å²) in [6.45, 7) is 1.24. The summed E-state index contributed by atoms with van der Waals surface area (Å²) in [5.41, 5.74) is 3.84. The molecule has 0 saturated carbocycles. The molecule has 1 saturated heterocycles. The zero-order valence-electron chi connectivity index (χ0n) is 17.6. The summed E-state index contributed by atoms with van der Waals surface area (Å²) < 4.78 is 33.7. The Bertz CT molecular complexity index is 999. The first-order valence-electron chi connectivity index (χ1n) is 9.96. The highest BCUT2D eigenvalue weighted by molar-refractivity contribution is 7.86. The summed E-state index contributed by atoms with van der Waals surface area (Å²) in [4.78, 5) is 1.95. The molecule has 2 N–H and O–H groups in total. The zero-order valence-corrected chi connectivity index (χ0v) is 18.5. The minimum Gasteiger partial charge on any atom is -0.383 e. The van der Waals surface area contributed by atoms with Crippen LogP contribution in [0.25, 0.3) is 11.1 Å². The number of nitrogens with zero attached hydrogens (tertiary/aromatic N) is 1. The SMILES string of the molecule is CN(C)CC(=N)c1cc(-c2cccc(OS(C)(=O)=O)c2)ccc1NC1CCCCO1. The summed E-state index contributed by atoms with van der Waals surface area (Å²) in [7, 11) is 0.267. The molecule has 1 atom stereocenters. The Morgan fingerprint density at radius 2 is 1.97 bits per heavy atom. The van der Waals surface area contributed by atoms with Crippen molar-refractivity contribution in [2.75, 3.05) is 38.8 Å². The molecule has 7 nitrogen and oxygen atoms in total. The van der Waals surface area contributed by atoms with Gasteiger partial charge >= 0.3 is 10.1 Å². The molecule has 0 bridgehead atoms. The highest BCUT2D eigenvalue weighted by Gasteiger charge is 2.18. The van der Waals surface area contributed by atoms with E-state index in [2.05, 4.69) is 5.32 Å². The van der Waals surface area contributed by atoms with E-state index in [9.17, 15) is 8.42 Å². The van der Waals surface area contributed by atoms with Crippen LogP contribution in [0.1, 0.15) is 24.8 Å². The van der Waals surface area contributed by atoms with E-state index in [1.54, 1.807) is 18.2 Å². The third-order valence-electron chi connectivity index (χ3n) is 4.73. The fraction of sp³-hybridized carbons (Fsp3) is 0.409. The molecule has 1 unspecified atom stereocenters. The van der Waals surface area contributed by atoms with E-state index in [0.29, 0.717) is 12.3 Å². The van der Waals surface area contributed by atoms with E-state index in [1.165, 1.54) is 0 Å². The smallest absolute Gasteiger partial charge is 0.306 e. The van der Waals surface area contributed by atoms with Crippen LogP contribution < -0.4 is 9.50 Å². The van der Waals surface area contributed by atoms with Crippen LogP contribution in [0.15, 0.2) is 42.5 Å². The normalized spacial score (nSPS) is 17.0. The fourth-order valence-electron chi connectivity index (χ4n) is 3.43. The van der Waals surface area contributed by atoms with Crippen LogP contribution in [-0.2, 0) is 14.9 Å². The Balaban J connectivity index is 1.94. The van der Waals surface area contributed by atoms with Crippen molar-refractivity contribution in [3.63, 3.8) is 0 Å². The van der Waals surface area contributed by atoms with Gasteiger partial charge in [0.25, 0.3) is 0 Å². The molecular formula is C22H29N3O4S. The Kier molecular flexibility index (Phi) is 7.12. The molecule has 0 spiro atoms. The van der Waals surface area contributed by atoms with Crippen molar-refractivity contribution in [2.45, 2.75) is 25.5 Å². The maximum atomic E-state index is 11.5. The maximum absolute atomic E-state index is 11.5. The van der Waals surface area contributed by atoms with Crippen molar-refractivity contribution in [1.29, 1.82) is 5.41 Å². The van der Waals surface area contributed by atoms with Gasteiger partial charge in [-0.05, 0) is 68.8 Å². The molecule has 1 fully saturated rings. The van der Waals surface area contributed by atoms with Gasteiger partial charge in [0.15, 0.2) is 0 Å². The molecule has 30 heavy (non-hydrogen) atoms. The van der Waals surface area contributed by atoms with Gasteiger partial charge in [0.05, 0.1) is 12.0 Å². The number of likely N-dealkylation sites (N-methyl/N-ethyl adjacent to an activating group) is 1. The number of nitrogens with one attached hydrogen (secondary N) is 2. The van der Waals surface area contributed by atoms with Crippen molar-refractivity contribution in [3.8, 4) is 16.9 Å². The standard InChI is InChI=1S/C22H29N3O4S/c1-25(2)15-20(23)19-14-17(10-11-21(19)24-22-9-4-5-12-28-22)16-7-6-8-18(13-16)29-30(3,26)27/h6-8,10-11,13-14,22-24H,4-5,9,12,15H2,1-3H3. The summed E-state index contributed by atoms with van der Waals surface area (Å²) in [5.74, 6) is 0.262. The molecule has 0 aromatic heterocycles. The van der Waals surface area contributed by atoms with Crippen LogP contribution in [0.4, 0.5) is 5.69 Å². The molecule has 1 heterocycles. The lowest BCUT2D eigenvalue weighted by atomic mass is 9.98. The van der Waals surface area contributed by atoms with E-state index >= 15 is 0 Å². The van der Waals surface area contributed by atoms with Crippen LogP contribution in [0.5, 0.6) is 5.75 Å². The quantitative estimate of drug-likeness (QED) is 0.491. The van der Waals surface area contributed by atoms with Gasteiger partial charge < -0.3 is 24.5 Å². The lowest BCUT2D eigenvalue weighted by Gasteiger charge is -2.26. The molecule has 2 aromatic rings. The molecule has 0 amide bonds. The topological polar surface area (TPSA) is 91.7 Å². The van der Waals surface area contributed by atoms with Gasteiger partial charge in [-0.3, -0.25) is 0 Å². The Labute approximate surface area is 178 Å². The summed E-state index contributed by atoms with van der Waals surface area (Å²) in [5, 5.41) is 12.1. The van der Waals surface area contributed by atoms with Gasteiger partial charge in [0, 0.05) is 24.4 Å². The summed E-state index contributed by atoms with van der Waals surface area (Å²) in [6.07, 6.45) is 4.10. The van der Waals surface area contributed by atoms with E-state index in [0.717, 1.165) is 54.5 Å². The van der Waals surface area contributed by atoms with E-state index in [1.807, 2.05) is 43.3 Å². The maximum Gasteiger partial charge on any atom is 0.306 e. The minimum absolute atomic E-state index is 0.0537. The van der Waals surface area contributed by atoms with Gasteiger partial charge in [0.2, 0.25) is 0 Å². The van der Waals surface area contributed by atoms with Gasteiger partial charge in [-0.1, -0.05) is 18.2 Å². The van der Waals surface area contributed by atoms with E-state index in [-0.39, 0.29) is 12.0 Å². The van der Waals surface area contributed by atoms with Crippen molar-refractivity contribution in [3.05, 3.63) is 48.0 Å². The average molecular weight is 432 g/mol. The first-order chi connectivity index (χ1) is 14.2. The zero-order chi connectivity index (χ0) is 21.7. The first-order valence-corrected chi connectivity index (χ1v) is 11.8. The van der Waals surface area contributed by atoms with Crippen molar-refractivity contribution in [1.82, 2.24) is 4.90 Å². The molecule has 2 aromatic carbocycles. The van der Waals surface area contributed by atoms with Crippen LogP contribution in [0.2, 0.25) is 0 Å². The molecule has 1 aliphatic rings. The van der Waals surface area contributed by atoms with Gasteiger partial charge in [0.1, 0.15) is 12.0 Å². The predicted octanol–water partition coefficient (Wildman–Crippen LogP) is 3.56. The highest BCUT2D eigenvalue weighted by Crippen LogP contribution is 2.30. The lowest BCUT2D eigenvalue weighted by Crippen LogP contribution is -2.29. The average Bonchev–Trinajstić information content (AvgIpc) is 2.67. The van der Waals surface area contributed by atoms with Gasteiger partial charge in [-0.25, -0.2) is 0 Å². The molecule has 8 heteroatoms. The first kappa shape index (κ1) is 22.3. The van der Waals surface area contributed by atoms with Crippen LogP contribution >= 0.6 is 0 Å². The third-order valence-corrected chi connectivity index (χ3v) is 5.23. The predicted molar refractivity (Wildman–Crippen MR) is 120 cm³/mol. The van der Waals surface area contributed by atoms with E-state index in [4.69, 9.17) is 14.3 Å². The van der Waals surface area contributed by atoms with Crippen molar-refractivity contribution < 1.29 is 17.3 Å². The van der Waals surface area contributed by atoms with E-state index < -0.39 is 10.1 Å². The van der Waals surface area contributed by atoms with Crippen LogP contribution in [-0.4, -0.2) is 58.8 Å². The van der Waals surface area contributed by atoms with Gasteiger partial charge in [-0.2, -0.15) is 8.42 Å². The largest absolute Gasteiger partial charge is 0.383 e. The van der Waals surface area contributed by atoms with Crippen molar-refractivity contribution in [2.24, 2.45) is 0 Å². The molecule has 0 aliphatic carbocycles. The molecule has 1 aliphatic heterocycles. The summed E-state index contributed by atoms with van der Waals surface area (Å²) >= 11 is 0. The van der Waals surface area contributed by atoms with Crippen LogP contribution in [0.3, 0.4) is 0 Å². The second-order valence-corrected chi connectivity index (χ2v) is 9.37.